The Morgan fingerprint density at radius 3 is 2.57 bits per heavy atom. The van der Waals surface area contributed by atoms with E-state index in [-0.39, 0.29) is 39.6 Å². The number of hydrogen-bond acceptors (Lipinski definition) is 5. The fourth-order valence-corrected chi connectivity index (χ4v) is 5.29. The lowest BCUT2D eigenvalue weighted by molar-refractivity contribution is -0.136. The van der Waals surface area contributed by atoms with Crippen LogP contribution >= 0.6 is 11.8 Å². The van der Waals surface area contributed by atoms with E-state index in [1.54, 1.807) is 0 Å². The Kier molecular flexibility index (Phi) is 5.65. The maximum atomic E-state index is 12.2. The van der Waals surface area contributed by atoms with Crippen LogP contribution in [0, 0.1) is 5.92 Å². The summed E-state index contributed by atoms with van der Waals surface area (Å²) in [5, 5.41) is 2.76. The van der Waals surface area contributed by atoms with Crippen molar-refractivity contribution >= 4 is 31.1 Å². The molecule has 0 aromatic heterocycles. The van der Waals surface area contributed by atoms with Crippen molar-refractivity contribution in [2.75, 3.05) is 6.61 Å². The molecule has 2 aliphatic rings. The average molecular weight is 360 g/mol. The molecule has 0 bridgehead atoms. The molecule has 2 heterocycles. The fourth-order valence-electron chi connectivity index (χ4n) is 2.61. The number of carbonyl (C=O) groups excluding carboxylic acids is 2. The highest BCUT2D eigenvalue weighted by Gasteiger charge is 2.49. The largest absolute Gasteiger partial charge is 0.413 e. The monoisotopic (exact) mass is 359 g/mol. The van der Waals surface area contributed by atoms with Crippen molar-refractivity contribution in [1.82, 2.24) is 5.32 Å². The Balaban J connectivity index is 1.94. The van der Waals surface area contributed by atoms with Gasteiger partial charge in [-0.1, -0.05) is 32.5 Å². The summed E-state index contributed by atoms with van der Waals surface area (Å²) in [4.78, 5) is 24.2. The predicted octanol–water partition coefficient (Wildman–Crippen LogP) is 2.91. The lowest BCUT2D eigenvalue weighted by Crippen LogP contribution is -2.62. The molecule has 2 aliphatic heterocycles. The second-order valence-electron chi connectivity index (χ2n) is 7.98. The molecule has 0 aliphatic carbocycles. The smallest absolute Gasteiger partial charge is 0.229 e. The van der Waals surface area contributed by atoms with Gasteiger partial charge in [0.05, 0.1) is 17.4 Å². The first kappa shape index (κ1) is 19.0. The molecule has 4 atom stereocenters. The van der Waals surface area contributed by atoms with Crippen LogP contribution in [0.3, 0.4) is 0 Å². The summed E-state index contributed by atoms with van der Waals surface area (Å²) in [5.41, 5.74) is 0. The van der Waals surface area contributed by atoms with E-state index in [1.807, 2.05) is 6.92 Å². The zero-order valence-corrected chi connectivity index (χ0v) is 16.8. The summed E-state index contributed by atoms with van der Waals surface area (Å²) < 4.78 is 11.8. The zero-order chi connectivity index (χ0) is 17.4. The SMILES string of the molecule is C[C@@H](O[Si](C)(C)C(C)(C)C)[C@@H]1C(=O)N[C@@H]1SC(=O)[C@H]1CCCO1. The molecule has 1 amide bonds. The van der Waals surface area contributed by atoms with E-state index in [9.17, 15) is 9.59 Å². The van der Waals surface area contributed by atoms with E-state index in [0.717, 1.165) is 12.8 Å². The molecule has 0 aromatic rings. The first-order valence-electron chi connectivity index (χ1n) is 8.33. The fraction of sp³-hybridized carbons (Fsp3) is 0.875. The third kappa shape index (κ3) is 4.18. The molecular formula is C16H29NO4SSi. The minimum absolute atomic E-state index is 0.0196. The molecule has 23 heavy (non-hydrogen) atoms. The lowest BCUT2D eigenvalue weighted by Gasteiger charge is -2.44. The Labute approximate surface area is 144 Å². The highest BCUT2D eigenvalue weighted by Crippen LogP contribution is 2.40. The standard InChI is InChI=1S/C16H29NO4SSi/c1-10(21-23(5,6)16(2,3)4)12-13(18)17-14(12)22-15(19)11-8-7-9-20-11/h10-12,14H,7-9H2,1-6H3,(H,17,18)/t10-,11-,12-,14-/m1/s1. The molecule has 7 heteroatoms. The first-order chi connectivity index (χ1) is 10.5. The molecule has 5 nitrogen and oxygen atoms in total. The van der Waals surface area contributed by atoms with Crippen molar-refractivity contribution in [2.24, 2.45) is 5.92 Å². The highest BCUT2D eigenvalue weighted by molar-refractivity contribution is 8.14. The summed E-state index contributed by atoms with van der Waals surface area (Å²) >= 11 is 1.20. The number of rotatable bonds is 5. The van der Waals surface area contributed by atoms with Gasteiger partial charge >= 0.3 is 0 Å². The van der Waals surface area contributed by atoms with Crippen molar-refractivity contribution in [3.05, 3.63) is 0 Å². The van der Waals surface area contributed by atoms with Crippen molar-refractivity contribution in [2.45, 2.75) is 76.3 Å². The van der Waals surface area contributed by atoms with Crippen molar-refractivity contribution in [3.63, 3.8) is 0 Å². The van der Waals surface area contributed by atoms with E-state index < -0.39 is 8.32 Å². The van der Waals surface area contributed by atoms with E-state index >= 15 is 0 Å². The van der Waals surface area contributed by atoms with Gasteiger partial charge in [-0.05, 0) is 37.9 Å². The topological polar surface area (TPSA) is 64.6 Å². The van der Waals surface area contributed by atoms with Gasteiger partial charge in [-0.25, -0.2) is 0 Å². The molecule has 2 fully saturated rings. The van der Waals surface area contributed by atoms with Gasteiger partial charge in [-0.3, -0.25) is 9.59 Å². The third-order valence-corrected chi connectivity index (χ3v) is 10.9. The predicted molar refractivity (Wildman–Crippen MR) is 94.7 cm³/mol. The average Bonchev–Trinajstić information content (AvgIpc) is 2.89. The van der Waals surface area contributed by atoms with Crippen LogP contribution in [0.4, 0.5) is 0 Å². The van der Waals surface area contributed by atoms with Crippen LogP contribution in [0.25, 0.3) is 0 Å². The zero-order valence-electron chi connectivity index (χ0n) is 15.0. The summed E-state index contributed by atoms with van der Waals surface area (Å²) in [5.74, 6) is -0.284. The molecule has 0 radical (unpaired) electrons. The molecule has 2 saturated heterocycles. The van der Waals surface area contributed by atoms with Gasteiger partial charge in [-0.2, -0.15) is 0 Å². The quantitative estimate of drug-likeness (QED) is 0.604. The Morgan fingerprint density at radius 1 is 1.43 bits per heavy atom. The van der Waals surface area contributed by atoms with E-state index in [0.29, 0.717) is 6.61 Å². The van der Waals surface area contributed by atoms with Gasteiger partial charge in [0.1, 0.15) is 6.10 Å². The number of thioether (sulfide) groups is 1. The van der Waals surface area contributed by atoms with E-state index in [2.05, 4.69) is 39.2 Å². The van der Waals surface area contributed by atoms with E-state index in [4.69, 9.17) is 9.16 Å². The molecule has 2 rings (SSSR count). The number of amides is 1. The number of β-lactam (4-membered cyclic amide) rings is 1. The van der Waals surface area contributed by atoms with Crippen LogP contribution in [0.2, 0.25) is 18.1 Å². The van der Waals surface area contributed by atoms with Gasteiger partial charge in [-0.15, -0.1) is 0 Å². The minimum Gasteiger partial charge on any atom is -0.413 e. The van der Waals surface area contributed by atoms with Gasteiger partial charge in [0.2, 0.25) is 11.0 Å². The van der Waals surface area contributed by atoms with Crippen LogP contribution in [0.15, 0.2) is 0 Å². The second-order valence-corrected chi connectivity index (χ2v) is 13.9. The number of carbonyl (C=O) groups is 2. The highest BCUT2D eigenvalue weighted by atomic mass is 32.2. The van der Waals surface area contributed by atoms with Crippen LogP contribution in [0.5, 0.6) is 0 Å². The van der Waals surface area contributed by atoms with Crippen LogP contribution < -0.4 is 5.32 Å². The second kappa shape index (κ2) is 6.86. The minimum atomic E-state index is -1.94. The number of ether oxygens (including phenoxy) is 1. The van der Waals surface area contributed by atoms with Gasteiger partial charge < -0.3 is 14.5 Å². The summed E-state index contributed by atoms with van der Waals surface area (Å²) in [7, 11) is -1.94. The maximum absolute atomic E-state index is 12.2. The molecule has 1 N–H and O–H groups in total. The molecule has 0 unspecified atom stereocenters. The normalized spacial score (nSPS) is 29.8. The molecule has 132 valence electrons. The number of nitrogens with one attached hydrogen (secondary N) is 1. The molecule has 0 spiro atoms. The van der Waals surface area contributed by atoms with E-state index in [1.165, 1.54) is 11.8 Å². The van der Waals surface area contributed by atoms with Crippen LogP contribution in [-0.4, -0.2) is 43.5 Å². The maximum Gasteiger partial charge on any atom is 0.229 e. The van der Waals surface area contributed by atoms with Crippen molar-refractivity contribution < 1.29 is 18.8 Å². The summed E-state index contributed by atoms with van der Waals surface area (Å²) in [6, 6.07) is 0. The van der Waals surface area contributed by atoms with Crippen molar-refractivity contribution in [3.8, 4) is 0 Å². The molecular weight excluding hydrogens is 330 g/mol. The van der Waals surface area contributed by atoms with Crippen molar-refractivity contribution in [1.29, 1.82) is 0 Å². The van der Waals surface area contributed by atoms with Gasteiger partial charge in [0, 0.05) is 6.61 Å². The molecule has 0 saturated carbocycles. The third-order valence-electron chi connectivity index (χ3n) is 5.14. The van der Waals surface area contributed by atoms with Crippen LogP contribution in [0.1, 0.15) is 40.5 Å². The Bertz CT molecular complexity index is 471. The summed E-state index contributed by atoms with van der Waals surface area (Å²) in [6.07, 6.45) is 1.23. The Morgan fingerprint density at radius 2 is 2.09 bits per heavy atom. The van der Waals surface area contributed by atoms with Gasteiger partial charge in [0.25, 0.3) is 0 Å². The van der Waals surface area contributed by atoms with Crippen LogP contribution in [-0.2, 0) is 18.8 Å². The van der Waals surface area contributed by atoms with Gasteiger partial charge in [0.15, 0.2) is 8.32 Å². The molecule has 0 aromatic carbocycles. The first-order valence-corrected chi connectivity index (χ1v) is 12.1. The lowest BCUT2D eigenvalue weighted by atomic mass is 9.96. The number of hydrogen-bond donors (Lipinski definition) is 1. The Hall–Kier alpha value is -0.373. The summed E-state index contributed by atoms with van der Waals surface area (Å²) in [6.45, 7) is 13.5.